The highest BCUT2D eigenvalue weighted by Crippen LogP contribution is 2.70. The van der Waals surface area contributed by atoms with E-state index in [4.69, 9.17) is 18.9 Å². The highest BCUT2D eigenvalue weighted by atomic mass is 16.7. The molecule has 2 aliphatic carbocycles. The molecule has 1 spiro atoms. The van der Waals surface area contributed by atoms with Gasteiger partial charge in [-0.2, -0.15) is 0 Å². The third-order valence-electron chi connectivity index (χ3n) is 8.65. The Hall–Kier alpha value is -1.82. The number of methoxy groups -OCH3 is 2. The van der Waals surface area contributed by atoms with Crippen LogP contribution in [0.2, 0.25) is 0 Å². The first-order valence-electron chi connectivity index (χ1n) is 10.6. The molecule has 2 aliphatic heterocycles. The number of ether oxygens (including phenoxy) is 4. The summed E-state index contributed by atoms with van der Waals surface area (Å²) in [6.07, 6.45) is 5.24. The molecule has 2 heterocycles. The smallest absolute Gasteiger partial charge is 0.340 e. The van der Waals surface area contributed by atoms with Gasteiger partial charge in [-0.15, -0.1) is 0 Å². The van der Waals surface area contributed by atoms with Crippen molar-refractivity contribution in [1.29, 1.82) is 0 Å². The van der Waals surface area contributed by atoms with Crippen molar-refractivity contribution in [3.63, 3.8) is 0 Å². The fourth-order valence-corrected chi connectivity index (χ4v) is 6.50. The Labute approximate surface area is 172 Å². The Morgan fingerprint density at radius 2 is 1.97 bits per heavy atom. The molecule has 0 aromatic heterocycles. The zero-order chi connectivity index (χ0) is 21.2. The van der Waals surface area contributed by atoms with Crippen molar-refractivity contribution in [3.8, 4) is 0 Å². The molecule has 160 valence electrons. The lowest BCUT2D eigenvalue weighted by molar-refractivity contribution is -0.265. The summed E-state index contributed by atoms with van der Waals surface area (Å²) in [6.45, 7) is 11.2. The van der Waals surface area contributed by atoms with Crippen molar-refractivity contribution in [2.24, 2.45) is 16.7 Å². The van der Waals surface area contributed by atoms with Gasteiger partial charge in [0.25, 0.3) is 5.79 Å². The SMILES string of the molecule is C=C1CCCC23OC4=C(C[C@]2(C)[C@@H](C)CC[C@]13C)C(=O)O[C@]4(CC(=O)OC)OC. The van der Waals surface area contributed by atoms with Crippen LogP contribution in [0.25, 0.3) is 0 Å². The highest BCUT2D eigenvalue weighted by molar-refractivity contribution is 5.93. The van der Waals surface area contributed by atoms with E-state index in [-0.39, 0.29) is 17.3 Å². The Bertz CT molecular complexity index is 814. The van der Waals surface area contributed by atoms with Crippen LogP contribution in [0.4, 0.5) is 0 Å². The second-order valence-electron chi connectivity index (χ2n) is 9.66. The van der Waals surface area contributed by atoms with Crippen LogP contribution >= 0.6 is 0 Å². The second-order valence-corrected chi connectivity index (χ2v) is 9.66. The molecule has 2 fully saturated rings. The maximum atomic E-state index is 12.9. The van der Waals surface area contributed by atoms with E-state index >= 15 is 0 Å². The molecule has 0 aromatic rings. The summed E-state index contributed by atoms with van der Waals surface area (Å²) in [6, 6.07) is 0. The first kappa shape index (κ1) is 20.5. The lowest BCUT2D eigenvalue weighted by Crippen LogP contribution is -2.68. The van der Waals surface area contributed by atoms with Crippen LogP contribution < -0.4 is 0 Å². The number of hydrogen-bond donors (Lipinski definition) is 0. The second kappa shape index (κ2) is 6.34. The van der Waals surface area contributed by atoms with Gasteiger partial charge in [-0.25, -0.2) is 4.79 Å². The van der Waals surface area contributed by atoms with Crippen molar-refractivity contribution < 1.29 is 28.5 Å². The number of esters is 2. The minimum Gasteiger partial charge on any atom is -0.483 e. The average Bonchev–Trinajstić information content (AvgIpc) is 2.94. The van der Waals surface area contributed by atoms with Crippen LogP contribution in [0.5, 0.6) is 0 Å². The summed E-state index contributed by atoms with van der Waals surface area (Å²) in [7, 11) is 2.74. The lowest BCUT2D eigenvalue weighted by atomic mass is 9.42. The van der Waals surface area contributed by atoms with Crippen molar-refractivity contribution in [3.05, 3.63) is 23.5 Å². The first-order chi connectivity index (χ1) is 13.6. The number of carbonyl (C=O) groups is 2. The third kappa shape index (κ3) is 2.38. The molecule has 0 amide bonds. The Balaban J connectivity index is 1.89. The lowest BCUT2D eigenvalue weighted by Gasteiger charge is -2.67. The van der Waals surface area contributed by atoms with Gasteiger partial charge < -0.3 is 18.9 Å². The molecule has 0 N–H and O–H groups in total. The zero-order valence-electron chi connectivity index (χ0n) is 18.2. The summed E-state index contributed by atoms with van der Waals surface area (Å²) in [5, 5.41) is 0. The van der Waals surface area contributed by atoms with E-state index in [2.05, 4.69) is 27.4 Å². The minimum absolute atomic E-state index is 0.207. The molecule has 29 heavy (non-hydrogen) atoms. The number of rotatable bonds is 3. The van der Waals surface area contributed by atoms with Crippen LogP contribution in [0, 0.1) is 16.7 Å². The van der Waals surface area contributed by atoms with Crippen LogP contribution in [0.15, 0.2) is 23.5 Å². The molecule has 4 rings (SSSR count). The van der Waals surface area contributed by atoms with Gasteiger partial charge in [0.15, 0.2) is 5.76 Å². The van der Waals surface area contributed by atoms with Gasteiger partial charge >= 0.3 is 11.9 Å². The molecule has 0 radical (unpaired) electrons. The fourth-order valence-electron chi connectivity index (χ4n) is 6.50. The molecule has 2 saturated carbocycles. The van der Waals surface area contributed by atoms with Crippen LogP contribution in [-0.2, 0) is 28.5 Å². The van der Waals surface area contributed by atoms with Crippen molar-refractivity contribution >= 4 is 11.9 Å². The van der Waals surface area contributed by atoms with Crippen LogP contribution in [-0.4, -0.2) is 37.5 Å². The highest BCUT2D eigenvalue weighted by Gasteiger charge is 2.71. The van der Waals surface area contributed by atoms with Gasteiger partial charge in [-0.3, -0.25) is 4.79 Å². The predicted octanol–water partition coefficient (Wildman–Crippen LogP) is 4.04. The first-order valence-corrected chi connectivity index (χ1v) is 10.6. The van der Waals surface area contributed by atoms with Crippen LogP contribution in [0.1, 0.15) is 65.7 Å². The molecule has 0 aromatic carbocycles. The van der Waals surface area contributed by atoms with E-state index in [1.807, 2.05) is 0 Å². The fraction of sp³-hybridized carbons (Fsp3) is 0.739. The molecule has 0 saturated heterocycles. The minimum atomic E-state index is -1.56. The summed E-state index contributed by atoms with van der Waals surface area (Å²) in [5.41, 5.74) is 0.751. The number of cyclic esters (lactones) is 1. The van der Waals surface area contributed by atoms with Crippen molar-refractivity contribution in [2.45, 2.75) is 77.1 Å². The quantitative estimate of drug-likeness (QED) is 0.522. The molecular weight excluding hydrogens is 372 g/mol. The van der Waals surface area contributed by atoms with E-state index in [1.165, 1.54) is 19.8 Å². The monoisotopic (exact) mass is 404 g/mol. The van der Waals surface area contributed by atoms with E-state index in [0.29, 0.717) is 23.7 Å². The van der Waals surface area contributed by atoms with E-state index in [1.54, 1.807) is 0 Å². The third-order valence-corrected chi connectivity index (χ3v) is 8.65. The Morgan fingerprint density at radius 1 is 1.24 bits per heavy atom. The summed E-state index contributed by atoms with van der Waals surface area (Å²) < 4.78 is 23.0. The van der Waals surface area contributed by atoms with Gasteiger partial charge in [0, 0.05) is 17.9 Å². The van der Waals surface area contributed by atoms with Gasteiger partial charge in [0.05, 0.1) is 12.7 Å². The van der Waals surface area contributed by atoms with E-state index in [0.717, 1.165) is 32.1 Å². The van der Waals surface area contributed by atoms with Crippen molar-refractivity contribution in [1.82, 2.24) is 0 Å². The molecule has 0 bridgehead atoms. The normalized spacial score (nSPS) is 43.7. The van der Waals surface area contributed by atoms with Gasteiger partial charge in [-0.05, 0) is 44.4 Å². The topological polar surface area (TPSA) is 71.1 Å². The molecule has 6 heteroatoms. The van der Waals surface area contributed by atoms with Crippen molar-refractivity contribution in [2.75, 3.05) is 14.2 Å². The molecule has 6 nitrogen and oxygen atoms in total. The number of hydrogen-bond acceptors (Lipinski definition) is 6. The van der Waals surface area contributed by atoms with Crippen LogP contribution in [0.3, 0.4) is 0 Å². The maximum Gasteiger partial charge on any atom is 0.340 e. The summed E-state index contributed by atoms with van der Waals surface area (Å²) in [4.78, 5) is 25.0. The average molecular weight is 405 g/mol. The zero-order valence-corrected chi connectivity index (χ0v) is 18.2. The summed E-state index contributed by atoms with van der Waals surface area (Å²) in [5.74, 6) is -1.80. The summed E-state index contributed by atoms with van der Waals surface area (Å²) >= 11 is 0. The number of carbonyl (C=O) groups excluding carboxylic acids is 2. The van der Waals surface area contributed by atoms with Gasteiger partial charge in [0.2, 0.25) is 0 Å². The Morgan fingerprint density at radius 3 is 2.62 bits per heavy atom. The predicted molar refractivity (Wildman–Crippen MR) is 106 cm³/mol. The maximum absolute atomic E-state index is 12.9. The molecule has 1 unspecified atom stereocenters. The van der Waals surface area contributed by atoms with Gasteiger partial charge in [-0.1, -0.05) is 32.9 Å². The van der Waals surface area contributed by atoms with Gasteiger partial charge in [0.1, 0.15) is 12.0 Å². The Kier molecular flexibility index (Phi) is 4.47. The standard InChI is InChI=1S/C23H32O6/c1-14-8-7-10-23-20(14,3)11-9-15(2)21(23,4)12-16-18(28-23)22(27-6,29-19(16)25)13-17(24)26-5/h15H,1,7-13H2,2-6H3/t15-,20+,21+,22-,23?/m0/s1. The molecular formula is C23H32O6. The molecule has 4 aliphatic rings. The van der Waals surface area contributed by atoms with E-state index in [9.17, 15) is 9.59 Å². The largest absolute Gasteiger partial charge is 0.483 e. The molecule has 5 atom stereocenters. The van der Waals surface area contributed by atoms with E-state index < -0.39 is 23.3 Å².